The molecule has 3 heterocycles. The van der Waals surface area contributed by atoms with E-state index in [-0.39, 0.29) is 0 Å². The van der Waals surface area contributed by atoms with E-state index in [0.29, 0.717) is 23.1 Å². The molecule has 0 saturated carbocycles. The lowest BCUT2D eigenvalue weighted by Crippen LogP contribution is -2.00. The van der Waals surface area contributed by atoms with Crippen LogP contribution in [0.3, 0.4) is 0 Å². The second kappa shape index (κ2) is 10.9. The molecule has 228 valence electrons. The minimum absolute atomic E-state index is 0.562. The van der Waals surface area contributed by atoms with Crippen molar-refractivity contribution < 1.29 is 4.42 Å². The molecule has 5 nitrogen and oxygen atoms in total. The van der Waals surface area contributed by atoms with Gasteiger partial charge in [-0.15, -0.1) is 0 Å². The number of furan rings is 1. The molecule has 0 spiro atoms. The van der Waals surface area contributed by atoms with Crippen molar-refractivity contribution in [3.05, 3.63) is 158 Å². The minimum atomic E-state index is 0.562. The van der Waals surface area contributed by atoms with Crippen LogP contribution < -0.4 is 0 Å². The quantitative estimate of drug-likeness (QED) is 0.182. The highest BCUT2D eigenvalue weighted by atomic mass is 16.3. The van der Waals surface area contributed by atoms with Gasteiger partial charge in [0.05, 0.1) is 5.39 Å². The Hall–Kier alpha value is -6.72. The van der Waals surface area contributed by atoms with E-state index < -0.39 is 0 Å². The fourth-order valence-electron chi connectivity index (χ4n) is 7.12. The molecule has 3 aromatic heterocycles. The lowest BCUT2D eigenvalue weighted by Gasteiger charge is -2.14. The summed E-state index contributed by atoms with van der Waals surface area (Å²) in [6, 6.07) is 52.2. The average molecular weight is 627 g/mol. The van der Waals surface area contributed by atoms with Crippen LogP contribution in [0.25, 0.3) is 99.7 Å². The maximum atomic E-state index is 6.73. The van der Waals surface area contributed by atoms with Crippen molar-refractivity contribution in [2.75, 3.05) is 0 Å². The number of hydrogen-bond acceptors (Lipinski definition) is 5. The summed E-state index contributed by atoms with van der Waals surface area (Å²) in [6.07, 6.45) is 1.81. The molecule has 0 aliphatic rings. The lowest BCUT2D eigenvalue weighted by atomic mass is 9.89. The largest absolute Gasteiger partial charge is 0.454 e. The summed E-state index contributed by atoms with van der Waals surface area (Å²) in [5.74, 6) is 1.78. The third kappa shape index (κ3) is 4.40. The topological polar surface area (TPSA) is 64.7 Å². The Morgan fingerprint density at radius 1 is 0.408 bits per heavy atom. The summed E-state index contributed by atoms with van der Waals surface area (Å²) < 4.78 is 6.73. The SMILES string of the molecule is c1ccc(-c2nc(-c3ccccc3)nc(-c3ccc(-c4cc5ccc6ccccc6c5c5ccccc45)c4oc5cccnc5c34)n2)cc1. The van der Waals surface area contributed by atoms with Crippen LogP contribution in [0.5, 0.6) is 0 Å². The van der Waals surface area contributed by atoms with Gasteiger partial charge in [-0.05, 0) is 68.2 Å². The van der Waals surface area contributed by atoms with Crippen LogP contribution in [0.15, 0.2) is 162 Å². The molecule has 0 atom stereocenters. The van der Waals surface area contributed by atoms with E-state index in [1.807, 2.05) is 79.0 Å². The highest BCUT2D eigenvalue weighted by Gasteiger charge is 2.22. The van der Waals surface area contributed by atoms with E-state index in [0.717, 1.165) is 49.7 Å². The third-order valence-corrected chi connectivity index (χ3v) is 9.36. The Balaban J connectivity index is 1.28. The van der Waals surface area contributed by atoms with Crippen LogP contribution >= 0.6 is 0 Å². The summed E-state index contributed by atoms with van der Waals surface area (Å²) >= 11 is 0. The zero-order chi connectivity index (χ0) is 32.3. The van der Waals surface area contributed by atoms with Gasteiger partial charge in [-0.1, -0.05) is 121 Å². The molecule has 10 rings (SSSR count). The third-order valence-electron chi connectivity index (χ3n) is 9.36. The number of nitrogens with zero attached hydrogens (tertiary/aromatic N) is 4. The van der Waals surface area contributed by atoms with E-state index in [1.165, 1.54) is 26.9 Å². The van der Waals surface area contributed by atoms with Gasteiger partial charge in [0, 0.05) is 28.5 Å². The first-order chi connectivity index (χ1) is 24.3. The number of aromatic nitrogens is 4. The first-order valence-electron chi connectivity index (χ1n) is 16.3. The standard InChI is InChI=1S/C44H26N4O/c1-3-13-28(14-4-1)42-46-43(29-15-5-2-6-16-29)48-44(47-42)35-24-23-34(41-39(35)40-37(49-41)20-11-25-45-40)36-26-30-22-21-27-12-7-8-17-31(27)38(30)33-19-10-9-18-32(33)36/h1-26H. The summed E-state index contributed by atoms with van der Waals surface area (Å²) in [6.45, 7) is 0. The van der Waals surface area contributed by atoms with E-state index in [2.05, 4.69) is 78.9 Å². The number of hydrogen-bond donors (Lipinski definition) is 0. The van der Waals surface area contributed by atoms with E-state index in [9.17, 15) is 0 Å². The number of rotatable bonds is 4. The van der Waals surface area contributed by atoms with Crippen molar-refractivity contribution in [2.24, 2.45) is 0 Å². The second-order valence-electron chi connectivity index (χ2n) is 12.2. The fourth-order valence-corrected chi connectivity index (χ4v) is 7.12. The van der Waals surface area contributed by atoms with E-state index >= 15 is 0 Å². The van der Waals surface area contributed by atoms with Crippen molar-refractivity contribution in [2.45, 2.75) is 0 Å². The number of fused-ring (bicyclic) bond motifs is 8. The zero-order valence-corrected chi connectivity index (χ0v) is 26.2. The average Bonchev–Trinajstić information content (AvgIpc) is 3.57. The van der Waals surface area contributed by atoms with E-state index in [4.69, 9.17) is 24.4 Å². The van der Waals surface area contributed by atoms with Crippen LogP contribution in [0.4, 0.5) is 0 Å². The van der Waals surface area contributed by atoms with Crippen molar-refractivity contribution in [3.8, 4) is 45.3 Å². The molecular weight excluding hydrogens is 601 g/mol. The Bertz CT molecular complexity index is 2820. The molecule has 49 heavy (non-hydrogen) atoms. The Morgan fingerprint density at radius 3 is 1.78 bits per heavy atom. The smallest absolute Gasteiger partial charge is 0.164 e. The monoisotopic (exact) mass is 626 g/mol. The highest BCUT2D eigenvalue weighted by molar-refractivity contribution is 6.25. The van der Waals surface area contributed by atoms with Gasteiger partial charge in [0.2, 0.25) is 0 Å². The summed E-state index contributed by atoms with van der Waals surface area (Å²) in [4.78, 5) is 19.9. The molecule has 0 radical (unpaired) electrons. The maximum absolute atomic E-state index is 6.73. The van der Waals surface area contributed by atoms with Crippen molar-refractivity contribution in [3.63, 3.8) is 0 Å². The van der Waals surface area contributed by atoms with Gasteiger partial charge < -0.3 is 4.42 Å². The predicted molar refractivity (Wildman–Crippen MR) is 199 cm³/mol. The Morgan fingerprint density at radius 2 is 1.02 bits per heavy atom. The summed E-state index contributed by atoms with van der Waals surface area (Å²) in [5.41, 5.74) is 6.99. The molecule has 0 N–H and O–H groups in total. The summed E-state index contributed by atoms with van der Waals surface area (Å²) in [5, 5.41) is 8.14. The maximum Gasteiger partial charge on any atom is 0.164 e. The van der Waals surface area contributed by atoms with Gasteiger partial charge in [-0.3, -0.25) is 4.98 Å². The predicted octanol–water partition coefficient (Wildman–Crippen LogP) is 11.3. The number of pyridine rings is 1. The summed E-state index contributed by atoms with van der Waals surface area (Å²) in [7, 11) is 0. The normalized spacial score (nSPS) is 11.7. The van der Waals surface area contributed by atoms with Crippen molar-refractivity contribution in [1.82, 2.24) is 19.9 Å². The van der Waals surface area contributed by atoms with Crippen molar-refractivity contribution in [1.29, 1.82) is 0 Å². The van der Waals surface area contributed by atoms with Gasteiger partial charge in [0.25, 0.3) is 0 Å². The van der Waals surface area contributed by atoms with Crippen molar-refractivity contribution >= 4 is 54.4 Å². The molecular formula is C44H26N4O. The number of benzene rings is 7. The Labute approximate surface area is 281 Å². The van der Waals surface area contributed by atoms with Crippen LogP contribution in [-0.2, 0) is 0 Å². The molecule has 0 aliphatic carbocycles. The van der Waals surface area contributed by atoms with Crippen LogP contribution in [0, 0.1) is 0 Å². The molecule has 0 aliphatic heterocycles. The molecule has 0 amide bonds. The van der Waals surface area contributed by atoms with Crippen LogP contribution in [-0.4, -0.2) is 19.9 Å². The fraction of sp³-hybridized carbons (Fsp3) is 0. The van der Waals surface area contributed by atoms with Gasteiger partial charge in [0.15, 0.2) is 23.1 Å². The molecule has 10 aromatic rings. The lowest BCUT2D eigenvalue weighted by molar-refractivity contribution is 0.669. The first-order valence-corrected chi connectivity index (χ1v) is 16.3. The molecule has 0 fully saturated rings. The van der Waals surface area contributed by atoms with Crippen LogP contribution in [0.1, 0.15) is 0 Å². The minimum Gasteiger partial charge on any atom is -0.454 e. The molecule has 0 unspecified atom stereocenters. The molecule has 0 bridgehead atoms. The van der Waals surface area contributed by atoms with E-state index in [1.54, 1.807) is 0 Å². The highest BCUT2D eigenvalue weighted by Crippen LogP contribution is 2.44. The van der Waals surface area contributed by atoms with Gasteiger partial charge >= 0.3 is 0 Å². The first kappa shape index (κ1) is 27.4. The molecule has 0 saturated heterocycles. The second-order valence-corrected chi connectivity index (χ2v) is 12.2. The Kier molecular flexibility index (Phi) is 6.11. The zero-order valence-electron chi connectivity index (χ0n) is 26.2. The molecule has 7 aromatic carbocycles. The van der Waals surface area contributed by atoms with Crippen LogP contribution in [0.2, 0.25) is 0 Å². The molecule has 5 heteroatoms. The van der Waals surface area contributed by atoms with Gasteiger partial charge in [-0.2, -0.15) is 0 Å². The van der Waals surface area contributed by atoms with Gasteiger partial charge in [0.1, 0.15) is 11.1 Å². The van der Waals surface area contributed by atoms with Gasteiger partial charge in [-0.25, -0.2) is 15.0 Å².